The molecule has 18 heavy (non-hydrogen) atoms. The molecule has 1 aliphatic carbocycles. The Kier molecular flexibility index (Phi) is 5.56. The van der Waals surface area contributed by atoms with Crippen molar-refractivity contribution in [2.75, 3.05) is 12.5 Å². The Morgan fingerprint density at radius 3 is 2.44 bits per heavy atom. The number of aliphatic imine (C=N–C) groups is 1. The molecular formula is C10H19N4OPS2. The molecule has 0 unspecified atom stereocenters. The first kappa shape index (κ1) is 15.4. The van der Waals surface area contributed by atoms with E-state index in [0.717, 1.165) is 12.8 Å². The SMILES string of the molecule is CS(C)(=O)=P.NC(N)=Nc1nc2c(s1)CCCC2. The van der Waals surface area contributed by atoms with Crippen molar-refractivity contribution in [3.8, 4) is 0 Å². The molecule has 5 nitrogen and oxygen atoms in total. The van der Waals surface area contributed by atoms with Crippen LogP contribution in [0.25, 0.3) is 0 Å². The van der Waals surface area contributed by atoms with Crippen LogP contribution in [0.4, 0.5) is 5.13 Å². The van der Waals surface area contributed by atoms with E-state index in [0.29, 0.717) is 5.13 Å². The molecule has 8 heteroatoms. The normalized spacial score (nSPS) is 14.1. The summed E-state index contributed by atoms with van der Waals surface area (Å²) in [5.74, 6) is 0.0890. The predicted octanol–water partition coefficient (Wildman–Crippen LogP) is 1.52. The van der Waals surface area contributed by atoms with Gasteiger partial charge in [0.05, 0.1) is 5.69 Å². The molecule has 1 heterocycles. The van der Waals surface area contributed by atoms with Crippen LogP contribution >= 0.6 is 19.4 Å². The summed E-state index contributed by atoms with van der Waals surface area (Å²) >= 11 is 1.61. The molecule has 0 bridgehead atoms. The molecule has 0 atom stereocenters. The van der Waals surface area contributed by atoms with Crippen molar-refractivity contribution >= 4 is 39.6 Å². The zero-order valence-electron chi connectivity index (χ0n) is 10.6. The molecule has 0 radical (unpaired) electrons. The molecule has 0 spiro atoms. The van der Waals surface area contributed by atoms with Crippen molar-refractivity contribution in [3.05, 3.63) is 10.6 Å². The number of hydrogen-bond acceptors (Lipinski definition) is 4. The fourth-order valence-corrected chi connectivity index (χ4v) is 2.54. The highest BCUT2D eigenvalue weighted by Crippen LogP contribution is 2.30. The fraction of sp³-hybridized carbons (Fsp3) is 0.600. The van der Waals surface area contributed by atoms with Gasteiger partial charge in [0.1, 0.15) is 0 Å². The Bertz CT molecular complexity index is 501. The Labute approximate surface area is 114 Å². The van der Waals surface area contributed by atoms with E-state index in [2.05, 4.69) is 18.0 Å². The Hall–Kier alpha value is -0.650. The number of guanidine groups is 1. The third-order valence-corrected chi connectivity index (χ3v) is 3.11. The lowest BCUT2D eigenvalue weighted by Crippen LogP contribution is -2.21. The van der Waals surface area contributed by atoms with Crippen molar-refractivity contribution in [3.63, 3.8) is 0 Å². The van der Waals surface area contributed by atoms with Gasteiger partial charge in [0, 0.05) is 17.4 Å². The number of aromatic nitrogens is 1. The van der Waals surface area contributed by atoms with Gasteiger partial charge >= 0.3 is 0 Å². The molecular weight excluding hydrogens is 287 g/mol. The molecule has 0 amide bonds. The Morgan fingerprint density at radius 1 is 1.39 bits per heavy atom. The predicted molar refractivity (Wildman–Crippen MR) is 82.5 cm³/mol. The van der Waals surface area contributed by atoms with Gasteiger partial charge in [0.15, 0.2) is 5.96 Å². The van der Waals surface area contributed by atoms with Crippen LogP contribution in [-0.2, 0) is 22.0 Å². The molecule has 4 N–H and O–H groups in total. The molecule has 102 valence electrons. The van der Waals surface area contributed by atoms with E-state index < -0.39 is 9.11 Å². The van der Waals surface area contributed by atoms with E-state index in [1.54, 1.807) is 23.8 Å². The summed E-state index contributed by atoms with van der Waals surface area (Å²) in [5.41, 5.74) is 11.7. The lowest BCUT2D eigenvalue weighted by molar-refractivity contribution is 0.682. The lowest BCUT2D eigenvalue weighted by atomic mass is 10.0. The number of fused-ring (bicyclic) bond motifs is 1. The van der Waals surface area contributed by atoms with Crippen LogP contribution in [-0.4, -0.2) is 27.7 Å². The summed E-state index contributed by atoms with van der Waals surface area (Å²) in [5, 5.41) is 0.701. The second kappa shape index (κ2) is 6.50. The van der Waals surface area contributed by atoms with Crippen LogP contribution in [0.5, 0.6) is 0 Å². The van der Waals surface area contributed by atoms with E-state index >= 15 is 0 Å². The summed E-state index contributed by atoms with van der Waals surface area (Å²) in [6.07, 6.45) is 7.96. The van der Waals surface area contributed by atoms with Crippen LogP contribution in [0.2, 0.25) is 0 Å². The molecule has 0 saturated carbocycles. The number of thiazole rings is 1. The number of nitrogens with two attached hydrogens (primary N) is 2. The van der Waals surface area contributed by atoms with E-state index in [1.807, 2.05) is 0 Å². The van der Waals surface area contributed by atoms with Gasteiger partial charge in [-0.15, -0.1) is 0 Å². The van der Waals surface area contributed by atoms with Gasteiger partial charge in [-0.1, -0.05) is 19.4 Å². The number of rotatable bonds is 1. The molecule has 0 saturated heterocycles. The van der Waals surface area contributed by atoms with Crippen LogP contribution in [0.3, 0.4) is 0 Å². The van der Waals surface area contributed by atoms with Gasteiger partial charge in [-0.25, -0.2) is 4.98 Å². The van der Waals surface area contributed by atoms with Gasteiger partial charge in [0.2, 0.25) is 5.13 Å². The van der Waals surface area contributed by atoms with Crippen LogP contribution in [0.1, 0.15) is 23.4 Å². The van der Waals surface area contributed by atoms with Gasteiger partial charge < -0.3 is 11.5 Å². The largest absolute Gasteiger partial charge is 0.370 e. The third kappa shape index (κ3) is 6.33. The number of hydrogen-bond donors (Lipinski definition) is 2. The van der Waals surface area contributed by atoms with Crippen LogP contribution < -0.4 is 11.5 Å². The Balaban J connectivity index is 0.000000280. The minimum Gasteiger partial charge on any atom is -0.370 e. The first-order valence-electron chi connectivity index (χ1n) is 5.52. The quantitative estimate of drug-likeness (QED) is 0.467. The number of nitrogens with zero attached hydrogens (tertiary/aromatic N) is 2. The van der Waals surface area contributed by atoms with Crippen molar-refractivity contribution in [2.24, 2.45) is 16.5 Å². The lowest BCUT2D eigenvalue weighted by Gasteiger charge is -2.06. The molecule has 1 aromatic rings. The average molecular weight is 306 g/mol. The summed E-state index contributed by atoms with van der Waals surface area (Å²) in [6, 6.07) is 0. The van der Waals surface area contributed by atoms with Crippen molar-refractivity contribution in [1.82, 2.24) is 4.98 Å². The monoisotopic (exact) mass is 306 g/mol. The fourth-order valence-electron chi connectivity index (χ4n) is 1.50. The topological polar surface area (TPSA) is 94.4 Å². The standard InChI is InChI=1S/C8H12N4S.C2H7OPS/c9-7(10)12-8-11-5-3-1-2-4-6(5)13-8;1-5(2,3)4/h1-4H2,(H4,9,10,11,12);4H,1-2H3. The zero-order chi connectivity index (χ0) is 13.8. The smallest absolute Gasteiger partial charge is 0.212 e. The first-order chi connectivity index (χ1) is 8.25. The summed E-state index contributed by atoms with van der Waals surface area (Å²) in [4.78, 5) is 9.66. The zero-order valence-corrected chi connectivity index (χ0v) is 13.2. The van der Waals surface area contributed by atoms with E-state index in [-0.39, 0.29) is 5.96 Å². The summed E-state index contributed by atoms with van der Waals surface area (Å²) < 4.78 is 10.1. The maximum Gasteiger partial charge on any atom is 0.212 e. The van der Waals surface area contributed by atoms with Gasteiger partial charge in [0.25, 0.3) is 0 Å². The molecule has 1 aromatic heterocycles. The van der Waals surface area contributed by atoms with Crippen molar-refractivity contribution in [2.45, 2.75) is 25.7 Å². The van der Waals surface area contributed by atoms with E-state index in [9.17, 15) is 4.21 Å². The van der Waals surface area contributed by atoms with E-state index in [1.165, 1.54) is 23.4 Å². The van der Waals surface area contributed by atoms with Gasteiger partial charge in [-0.2, -0.15) is 4.99 Å². The highest BCUT2D eigenvalue weighted by Gasteiger charge is 2.14. The van der Waals surface area contributed by atoms with Crippen LogP contribution in [0, 0.1) is 0 Å². The van der Waals surface area contributed by atoms with E-state index in [4.69, 9.17) is 11.5 Å². The number of aryl methyl sites for hydroxylation is 2. The molecule has 0 aliphatic heterocycles. The minimum atomic E-state index is -1.61. The van der Waals surface area contributed by atoms with Gasteiger partial charge in [-0.3, -0.25) is 4.21 Å². The first-order valence-corrected chi connectivity index (χ1v) is 9.94. The summed E-state index contributed by atoms with van der Waals surface area (Å²) in [6.45, 7) is 0. The minimum absolute atomic E-state index is 0.0890. The average Bonchev–Trinajstić information content (AvgIpc) is 2.55. The summed E-state index contributed by atoms with van der Waals surface area (Å²) in [7, 11) is 1.34. The highest BCUT2D eigenvalue weighted by molar-refractivity contribution is 8.19. The molecule has 0 aromatic carbocycles. The maximum absolute atomic E-state index is 10.1. The Morgan fingerprint density at radius 2 is 1.94 bits per heavy atom. The molecule has 2 rings (SSSR count). The highest BCUT2D eigenvalue weighted by atomic mass is 32.5. The van der Waals surface area contributed by atoms with Crippen molar-refractivity contribution in [1.29, 1.82) is 0 Å². The maximum atomic E-state index is 10.1. The second-order valence-electron chi connectivity index (χ2n) is 4.34. The van der Waals surface area contributed by atoms with Crippen LogP contribution in [0.15, 0.2) is 4.99 Å². The second-order valence-corrected chi connectivity index (χ2v) is 10.8. The van der Waals surface area contributed by atoms with Crippen molar-refractivity contribution < 1.29 is 4.21 Å². The molecule has 0 fully saturated rings. The third-order valence-electron chi connectivity index (χ3n) is 2.06. The molecule has 1 aliphatic rings. The van der Waals surface area contributed by atoms with Gasteiger partial charge in [-0.05, 0) is 34.8 Å².